The fourth-order valence-corrected chi connectivity index (χ4v) is 3.33. The van der Waals surface area contributed by atoms with Gasteiger partial charge >= 0.3 is 6.18 Å². The van der Waals surface area contributed by atoms with E-state index < -0.39 is 40.1 Å². The fraction of sp³-hybridized carbons (Fsp3) is 0.333. The monoisotopic (exact) mass is 421 g/mol. The molecular formula is C15H15ClF3N5O2S. The van der Waals surface area contributed by atoms with Crippen LogP contribution >= 0.6 is 11.6 Å². The Bertz CT molecular complexity index is 857. The minimum Gasteiger partial charge on any atom is -0.303 e. The van der Waals surface area contributed by atoms with Crippen molar-refractivity contribution in [1.82, 2.24) is 14.8 Å². The number of anilines is 1. The summed E-state index contributed by atoms with van der Waals surface area (Å²) in [6.07, 6.45) is -0.0964. The summed E-state index contributed by atoms with van der Waals surface area (Å²) in [7, 11) is -2.40. The maximum atomic E-state index is 12.5. The van der Waals surface area contributed by atoms with Crippen LogP contribution in [-0.4, -0.2) is 54.8 Å². The number of hydrogen-bond donors (Lipinski definition) is 1. The lowest BCUT2D eigenvalue weighted by molar-refractivity contribution is -0.112. The van der Waals surface area contributed by atoms with Crippen molar-refractivity contribution in [2.45, 2.75) is 13.1 Å². The molecule has 1 atom stereocenters. The van der Waals surface area contributed by atoms with Crippen LogP contribution in [0.3, 0.4) is 0 Å². The van der Waals surface area contributed by atoms with Gasteiger partial charge in [-0.15, -0.1) is 0 Å². The van der Waals surface area contributed by atoms with E-state index >= 15 is 0 Å². The van der Waals surface area contributed by atoms with E-state index in [0.717, 1.165) is 4.90 Å². The number of carbonyl (C=O) groups excluding carboxylic acids is 1. The molecule has 0 radical (unpaired) electrons. The van der Waals surface area contributed by atoms with E-state index in [0.29, 0.717) is 5.69 Å². The third-order valence-electron chi connectivity index (χ3n) is 3.30. The second-order valence-electron chi connectivity index (χ2n) is 5.33. The molecule has 1 N–H and O–H groups in total. The number of nitrogens with zero attached hydrogens (tertiary/aromatic N) is 4. The first-order chi connectivity index (χ1) is 12.6. The Hall–Kier alpha value is -2.27. The molecule has 2 rings (SSSR count). The van der Waals surface area contributed by atoms with E-state index in [-0.39, 0.29) is 17.4 Å². The molecule has 27 heavy (non-hydrogen) atoms. The number of rotatable bonds is 7. The predicted octanol–water partition coefficient (Wildman–Crippen LogP) is 2.60. The molecule has 0 spiro atoms. The van der Waals surface area contributed by atoms with E-state index in [1.54, 1.807) is 25.3 Å². The lowest BCUT2D eigenvalue weighted by atomic mass is 10.3. The van der Waals surface area contributed by atoms with Gasteiger partial charge in [-0.25, -0.2) is 4.68 Å². The molecule has 2 heterocycles. The highest BCUT2D eigenvalue weighted by Gasteiger charge is 2.32. The van der Waals surface area contributed by atoms with Gasteiger partial charge in [-0.1, -0.05) is 11.6 Å². The van der Waals surface area contributed by atoms with Gasteiger partial charge in [0.2, 0.25) is 0 Å². The van der Waals surface area contributed by atoms with E-state index in [1.807, 2.05) is 0 Å². The highest BCUT2D eigenvalue weighted by molar-refractivity contribution is 7.85. The molecule has 0 aromatic carbocycles. The van der Waals surface area contributed by atoms with Gasteiger partial charge in [-0.3, -0.25) is 19.4 Å². The first kappa shape index (κ1) is 21.0. The fourth-order valence-electron chi connectivity index (χ4n) is 2.19. The highest BCUT2D eigenvalue weighted by atomic mass is 35.5. The number of carbonyl (C=O) groups is 1. The van der Waals surface area contributed by atoms with Crippen LogP contribution in [0.1, 0.15) is 6.92 Å². The number of alkyl halides is 3. The Balaban J connectivity index is 2.19. The molecular weight excluding hydrogens is 407 g/mol. The van der Waals surface area contributed by atoms with Gasteiger partial charge in [0.1, 0.15) is 17.2 Å². The van der Waals surface area contributed by atoms with Crippen molar-refractivity contribution in [2.24, 2.45) is 0 Å². The van der Waals surface area contributed by atoms with Crippen molar-refractivity contribution < 1.29 is 22.2 Å². The largest absolute Gasteiger partial charge is 0.400 e. The minimum atomic E-state index is -4.63. The van der Waals surface area contributed by atoms with E-state index in [9.17, 15) is 22.2 Å². The highest BCUT2D eigenvalue weighted by Crippen LogP contribution is 2.26. The van der Waals surface area contributed by atoms with Crippen molar-refractivity contribution >= 4 is 39.7 Å². The lowest BCUT2D eigenvalue weighted by Crippen LogP contribution is -2.39. The van der Waals surface area contributed by atoms with Crippen LogP contribution < -0.4 is 4.90 Å². The zero-order chi connectivity index (χ0) is 20.2. The van der Waals surface area contributed by atoms with Gasteiger partial charge < -0.3 is 4.90 Å². The van der Waals surface area contributed by atoms with Crippen molar-refractivity contribution in [3.63, 3.8) is 0 Å². The molecule has 7 nitrogen and oxygen atoms in total. The normalized spacial score (nSPS) is 12.6. The molecule has 146 valence electrons. The zero-order valence-electron chi connectivity index (χ0n) is 14.0. The molecule has 1 amide bonds. The topological polar surface area (TPSA) is 91.9 Å². The minimum absolute atomic E-state index is 0.0294. The van der Waals surface area contributed by atoms with Gasteiger partial charge in [-0.2, -0.15) is 18.3 Å². The quantitative estimate of drug-likeness (QED) is 0.695. The Kier molecular flexibility index (Phi) is 6.71. The Morgan fingerprint density at radius 1 is 1.44 bits per heavy atom. The van der Waals surface area contributed by atoms with E-state index in [2.05, 4.69) is 10.1 Å². The zero-order valence-corrected chi connectivity index (χ0v) is 15.6. The summed E-state index contributed by atoms with van der Waals surface area (Å²) >= 11 is 6.08. The standard InChI is InChI=1S/C15H15ClF3N5O2S/c1-2-23(14(25)11(20)8-27(26)9-15(17,18)19)12-7-24(22-13(12)16)10-4-3-5-21-6-10/h3-7,20H,2,8-9H2,1H3. The Morgan fingerprint density at radius 2 is 2.15 bits per heavy atom. The van der Waals surface area contributed by atoms with Gasteiger partial charge in [0, 0.05) is 23.5 Å². The third kappa shape index (κ3) is 5.60. The van der Waals surface area contributed by atoms with Crippen molar-refractivity contribution in [2.75, 3.05) is 23.0 Å². The number of amides is 1. The second-order valence-corrected chi connectivity index (χ2v) is 7.15. The summed E-state index contributed by atoms with van der Waals surface area (Å²) in [4.78, 5) is 17.5. The van der Waals surface area contributed by atoms with Crippen LogP contribution in [0.15, 0.2) is 30.7 Å². The van der Waals surface area contributed by atoms with Crippen LogP contribution in [-0.2, 0) is 15.6 Å². The number of nitrogens with one attached hydrogen (secondary N) is 1. The molecule has 1 unspecified atom stereocenters. The van der Waals surface area contributed by atoms with Crippen LogP contribution in [0.25, 0.3) is 5.69 Å². The number of halogens is 4. The van der Waals surface area contributed by atoms with Gasteiger partial charge in [0.15, 0.2) is 5.15 Å². The SMILES string of the molecule is CCN(C(=O)C(=N)CS(=O)CC(F)(F)F)c1cn(-c2cccnc2)nc1Cl. The first-order valence-electron chi connectivity index (χ1n) is 7.59. The number of aromatic nitrogens is 3. The third-order valence-corrected chi connectivity index (χ3v) is 4.83. The molecule has 0 saturated heterocycles. The van der Waals surface area contributed by atoms with Gasteiger partial charge in [0.05, 0.1) is 23.8 Å². The first-order valence-corrected chi connectivity index (χ1v) is 9.45. The van der Waals surface area contributed by atoms with Crippen molar-refractivity contribution in [3.05, 3.63) is 35.9 Å². The van der Waals surface area contributed by atoms with Crippen LogP contribution in [0.4, 0.5) is 18.9 Å². The molecule has 0 aliphatic rings. The average molecular weight is 422 g/mol. The molecule has 0 aliphatic heterocycles. The smallest absolute Gasteiger partial charge is 0.303 e. The molecule has 12 heteroatoms. The summed E-state index contributed by atoms with van der Waals surface area (Å²) in [6, 6.07) is 3.39. The molecule has 0 aliphatic carbocycles. The maximum Gasteiger partial charge on any atom is 0.400 e. The molecule has 0 saturated carbocycles. The van der Waals surface area contributed by atoms with E-state index in [1.165, 1.54) is 17.1 Å². The van der Waals surface area contributed by atoms with Gasteiger partial charge in [-0.05, 0) is 19.1 Å². The van der Waals surface area contributed by atoms with Crippen molar-refractivity contribution in [1.29, 1.82) is 5.41 Å². The summed E-state index contributed by atoms with van der Waals surface area (Å²) < 4.78 is 49.7. The molecule has 0 bridgehead atoms. The molecule has 2 aromatic heterocycles. The van der Waals surface area contributed by atoms with Crippen LogP contribution in [0.5, 0.6) is 0 Å². The Labute approximate surface area is 160 Å². The maximum absolute atomic E-state index is 12.5. The van der Waals surface area contributed by atoms with Crippen LogP contribution in [0, 0.1) is 5.41 Å². The number of pyridine rings is 1. The van der Waals surface area contributed by atoms with Crippen LogP contribution in [0.2, 0.25) is 5.15 Å². The lowest BCUT2D eigenvalue weighted by Gasteiger charge is -2.19. The Morgan fingerprint density at radius 3 is 2.70 bits per heavy atom. The summed E-state index contributed by atoms with van der Waals surface area (Å²) in [5.41, 5.74) is 0.0551. The molecule has 2 aromatic rings. The predicted molar refractivity (Wildman–Crippen MR) is 96.1 cm³/mol. The number of hydrogen-bond acceptors (Lipinski definition) is 5. The van der Waals surface area contributed by atoms with E-state index in [4.69, 9.17) is 17.0 Å². The second kappa shape index (κ2) is 8.61. The summed E-state index contributed by atoms with van der Waals surface area (Å²) in [6.45, 7) is 1.70. The van der Waals surface area contributed by atoms with Gasteiger partial charge in [0.25, 0.3) is 5.91 Å². The van der Waals surface area contributed by atoms with Crippen molar-refractivity contribution in [3.8, 4) is 5.69 Å². The summed E-state index contributed by atoms with van der Waals surface area (Å²) in [5, 5.41) is 11.8. The summed E-state index contributed by atoms with van der Waals surface area (Å²) in [5.74, 6) is -3.27. The molecule has 0 fully saturated rings. The average Bonchev–Trinajstić information content (AvgIpc) is 2.96.